The Morgan fingerprint density at radius 1 is 1.00 bits per heavy atom. The van der Waals surface area contributed by atoms with E-state index >= 15 is 0 Å². The van der Waals surface area contributed by atoms with Crippen LogP contribution in [0.25, 0.3) is 0 Å². The Morgan fingerprint density at radius 3 is 1.67 bits per heavy atom. The Morgan fingerprint density at radius 2 is 1.44 bits per heavy atom. The first-order chi connectivity index (χ1) is 3.39. The van der Waals surface area contributed by atoms with Crippen LogP contribution in [0.4, 0.5) is 0 Å². The molecule has 0 amide bonds. The molecule has 0 aliphatic rings. The van der Waals surface area contributed by atoms with Crippen molar-refractivity contribution in [2.45, 2.75) is 0 Å². The maximum Gasteiger partial charge on any atom is 0.0477 e. The summed E-state index contributed by atoms with van der Waals surface area (Å²) in [5.74, 6) is 0. The molecular formula is C7H10SiTi-. The molecule has 0 spiro atoms. The summed E-state index contributed by atoms with van der Waals surface area (Å²) in [6.45, 7) is 0. The third-order valence-electron chi connectivity index (χ3n) is 0.843. The summed E-state index contributed by atoms with van der Waals surface area (Å²) in [5.41, 5.74) is 0. The van der Waals surface area contributed by atoms with Crippen molar-refractivity contribution in [1.29, 1.82) is 0 Å². The zero-order valence-electron chi connectivity index (χ0n) is 5.59. The van der Waals surface area contributed by atoms with E-state index in [0.29, 0.717) is 0 Å². The van der Waals surface area contributed by atoms with Crippen LogP contribution in [0, 0.1) is 7.43 Å². The number of hydrogen-bond donors (Lipinski definition) is 0. The second-order valence-electron chi connectivity index (χ2n) is 1.49. The van der Waals surface area contributed by atoms with Crippen LogP contribution in [0.5, 0.6) is 0 Å². The quantitative estimate of drug-likeness (QED) is 0.390. The molecule has 0 atom stereocenters. The predicted octanol–water partition coefficient (Wildman–Crippen LogP) is 0.393. The minimum Gasteiger partial charge on any atom is -0.358 e. The van der Waals surface area contributed by atoms with Gasteiger partial charge in [0.05, 0.1) is 0 Å². The second kappa shape index (κ2) is 6.27. The summed E-state index contributed by atoms with van der Waals surface area (Å²) >= 11 is 0. The Labute approximate surface area is 75.0 Å². The van der Waals surface area contributed by atoms with Crippen molar-refractivity contribution in [3.8, 4) is 0 Å². The molecule has 0 heterocycles. The van der Waals surface area contributed by atoms with Crippen molar-refractivity contribution in [2.75, 3.05) is 0 Å². The van der Waals surface area contributed by atoms with E-state index in [1.54, 1.807) is 0 Å². The maximum atomic E-state index is 2.10. The molecule has 0 aliphatic heterocycles. The fraction of sp³-hybridized carbons (Fsp3) is 0. The van der Waals surface area contributed by atoms with Crippen LogP contribution < -0.4 is 5.19 Å². The Balaban J connectivity index is 0. The van der Waals surface area contributed by atoms with Crippen LogP contribution in [0.2, 0.25) is 0 Å². The summed E-state index contributed by atoms with van der Waals surface area (Å²) in [7, 11) is 1.90. The molecule has 1 aromatic carbocycles. The largest absolute Gasteiger partial charge is 0.358 e. The van der Waals surface area contributed by atoms with Gasteiger partial charge in [-0.05, 0) is 0 Å². The minimum absolute atomic E-state index is 0. The molecular weight excluding hydrogens is 160 g/mol. The van der Waals surface area contributed by atoms with Gasteiger partial charge in [-0.2, -0.15) is 0 Å². The summed E-state index contributed by atoms with van der Waals surface area (Å²) in [4.78, 5) is 0. The van der Waals surface area contributed by atoms with Crippen molar-refractivity contribution in [3.05, 3.63) is 37.8 Å². The number of hydrogen-bond acceptors (Lipinski definition) is 0. The Hall–Kier alpha value is 0.151. The molecule has 1 rings (SSSR count). The van der Waals surface area contributed by atoms with E-state index < -0.39 is 0 Å². The van der Waals surface area contributed by atoms with Gasteiger partial charge in [0, 0.05) is 32.0 Å². The summed E-state index contributed by atoms with van der Waals surface area (Å²) in [6.07, 6.45) is 0. The van der Waals surface area contributed by atoms with Gasteiger partial charge in [0.1, 0.15) is 0 Å². The van der Waals surface area contributed by atoms with E-state index in [4.69, 9.17) is 0 Å². The van der Waals surface area contributed by atoms with Crippen LogP contribution in [-0.2, 0) is 21.7 Å². The minimum atomic E-state index is 0. The zero-order valence-corrected chi connectivity index (χ0v) is 8.57. The molecule has 47 valence electrons. The average molecular weight is 170 g/mol. The van der Waals surface area contributed by atoms with Gasteiger partial charge in [-0.25, -0.2) is 0 Å². The molecule has 1 aromatic rings. The molecule has 0 fully saturated rings. The molecule has 2 heteroatoms. The van der Waals surface area contributed by atoms with Crippen molar-refractivity contribution >= 4 is 15.4 Å². The molecule has 0 aromatic heterocycles. The fourth-order valence-electron chi connectivity index (χ4n) is 0.478. The molecule has 9 heavy (non-hydrogen) atoms. The van der Waals surface area contributed by atoms with Crippen LogP contribution in [-0.4, -0.2) is 10.2 Å². The Bertz CT molecular complexity index is 139. The van der Waals surface area contributed by atoms with E-state index in [1.165, 1.54) is 5.19 Å². The summed E-state index contributed by atoms with van der Waals surface area (Å²) in [6, 6.07) is 10.3. The predicted molar refractivity (Wildman–Crippen MR) is 41.0 cm³/mol. The SMILES string of the molecule is [CH3-].[SiH2]c1ccccc1.[Ti]. The molecule has 0 nitrogen and oxygen atoms in total. The van der Waals surface area contributed by atoms with E-state index in [0.717, 1.165) is 0 Å². The topological polar surface area (TPSA) is 0 Å². The van der Waals surface area contributed by atoms with Crippen LogP contribution in [0.1, 0.15) is 0 Å². The summed E-state index contributed by atoms with van der Waals surface area (Å²) in [5, 5.41) is 1.35. The molecule has 0 saturated heterocycles. The van der Waals surface area contributed by atoms with Gasteiger partial charge in [0.2, 0.25) is 0 Å². The van der Waals surface area contributed by atoms with Crippen LogP contribution in [0.3, 0.4) is 0 Å². The van der Waals surface area contributed by atoms with E-state index in [9.17, 15) is 0 Å². The zero-order chi connectivity index (χ0) is 5.11. The van der Waals surface area contributed by atoms with Crippen molar-refractivity contribution in [3.63, 3.8) is 0 Å². The summed E-state index contributed by atoms with van der Waals surface area (Å²) < 4.78 is 0. The molecule has 0 aliphatic carbocycles. The maximum absolute atomic E-state index is 2.10. The van der Waals surface area contributed by atoms with Gasteiger partial charge in [0.25, 0.3) is 0 Å². The first-order valence-corrected chi connectivity index (χ1v) is 2.97. The average Bonchev–Trinajstić information content (AvgIpc) is 1.69. The standard InChI is InChI=1S/C6H7Si.CH3.Ti/c7-6-4-2-1-3-5-6;;/h1-5H,7H2;1H3;/q;-1;. The van der Waals surface area contributed by atoms with Gasteiger partial charge in [-0.3, -0.25) is 0 Å². The van der Waals surface area contributed by atoms with E-state index in [-0.39, 0.29) is 29.1 Å². The fourth-order valence-corrected chi connectivity index (χ4v) is 0.750. The number of rotatable bonds is 0. The van der Waals surface area contributed by atoms with Gasteiger partial charge < -0.3 is 7.43 Å². The Kier molecular flexibility index (Phi) is 8.29. The van der Waals surface area contributed by atoms with E-state index in [2.05, 4.69) is 12.1 Å². The molecule has 0 bridgehead atoms. The third-order valence-corrected chi connectivity index (χ3v) is 1.31. The van der Waals surface area contributed by atoms with Crippen molar-refractivity contribution in [1.82, 2.24) is 0 Å². The normalized spacial score (nSPS) is 6.78. The van der Waals surface area contributed by atoms with Gasteiger partial charge >= 0.3 is 0 Å². The van der Waals surface area contributed by atoms with Crippen molar-refractivity contribution < 1.29 is 21.7 Å². The smallest absolute Gasteiger partial charge is 0.0477 e. The third kappa shape index (κ3) is 4.64. The molecule has 0 unspecified atom stereocenters. The van der Waals surface area contributed by atoms with Gasteiger partial charge in [0.15, 0.2) is 0 Å². The van der Waals surface area contributed by atoms with Crippen molar-refractivity contribution in [2.24, 2.45) is 0 Å². The first kappa shape index (κ1) is 11.9. The molecule has 0 N–H and O–H groups in total. The first-order valence-electron chi connectivity index (χ1n) is 2.26. The van der Waals surface area contributed by atoms with Crippen LogP contribution >= 0.6 is 0 Å². The second-order valence-corrected chi connectivity index (χ2v) is 2.30. The van der Waals surface area contributed by atoms with Crippen LogP contribution in [0.15, 0.2) is 30.3 Å². The molecule has 0 saturated carbocycles. The monoisotopic (exact) mass is 170 g/mol. The van der Waals surface area contributed by atoms with Gasteiger partial charge in [-0.1, -0.05) is 35.5 Å². The number of benzene rings is 1. The molecule has 1 radical (unpaired) electrons. The van der Waals surface area contributed by atoms with E-state index in [1.807, 2.05) is 28.4 Å². The van der Waals surface area contributed by atoms with Gasteiger partial charge in [-0.15, -0.1) is 0 Å².